The van der Waals surface area contributed by atoms with Crippen LogP contribution in [0.4, 0.5) is 0 Å². The molecule has 7 atom stereocenters. The van der Waals surface area contributed by atoms with E-state index in [-0.39, 0.29) is 22.9 Å². The minimum atomic E-state index is 0.0224. The average Bonchev–Trinajstić information content (AvgIpc) is 3.35. The van der Waals surface area contributed by atoms with Crippen LogP contribution in [0.2, 0.25) is 0 Å². The van der Waals surface area contributed by atoms with Gasteiger partial charge in [-0.1, -0.05) is 156 Å². The van der Waals surface area contributed by atoms with Crippen molar-refractivity contribution in [3.63, 3.8) is 0 Å². The molecule has 4 rings (SSSR count). The van der Waals surface area contributed by atoms with Gasteiger partial charge in [-0.25, -0.2) is 0 Å². The first-order valence-electron chi connectivity index (χ1n) is 22.4. The number of rotatable bonds is 21. The minimum Gasteiger partial charge on any atom is -0.462 e. The highest BCUT2D eigenvalue weighted by Gasteiger charge is 2.63. The molecule has 288 valence electrons. The fraction of sp³-hybridized carbons (Fsp3) is 0.896. The van der Waals surface area contributed by atoms with Gasteiger partial charge in [0, 0.05) is 11.8 Å². The standard InChI is InChI=1S/C48H84O2/c1-10-11-12-13-14-15-16-17-18-19-20-21-22-23-24-28-44(49)50-43-33-34-46(7)40-32-36-47(8)39(38(4)27-25-26-37(2)3)31-35-48(47,9)41(40)29-30-42(46)45(43,5)6/h17-18,37-39,42-43H,10-16,19-36H2,1-9H3/b18-17-/t38-,39-,42+,43+,46-,47-,48+/m1/s1. The predicted octanol–water partition coefficient (Wildman–Crippen LogP) is 15.1. The number of esters is 1. The van der Waals surface area contributed by atoms with Gasteiger partial charge in [-0.2, -0.15) is 0 Å². The lowest BCUT2D eigenvalue weighted by Crippen LogP contribution is -2.55. The molecule has 2 saturated carbocycles. The number of carbonyl (C=O) groups is 1. The zero-order valence-corrected chi connectivity index (χ0v) is 35.0. The second-order valence-electron chi connectivity index (χ2n) is 19.8. The first-order chi connectivity index (χ1) is 23.8. The molecule has 50 heavy (non-hydrogen) atoms. The van der Waals surface area contributed by atoms with Crippen molar-refractivity contribution in [1.29, 1.82) is 0 Å². The summed E-state index contributed by atoms with van der Waals surface area (Å²) in [6, 6.07) is 0. The Bertz CT molecular complexity index is 1110. The molecule has 0 amide bonds. The molecule has 2 heteroatoms. The van der Waals surface area contributed by atoms with Crippen molar-refractivity contribution in [2.45, 2.75) is 229 Å². The van der Waals surface area contributed by atoms with E-state index in [0.717, 1.165) is 37.0 Å². The summed E-state index contributed by atoms with van der Waals surface area (Å²) in [6.07, 6.45) is 36.6. The number of hydrogen-bond donors (Lipinski definition) is 0. The van der Waals surface area contributed by atoms with Crippen LogP contribution in [0.1, 0.15) is 223 Å². The first-order valence-corrected chi connectivity index (χ1v) is 22.4. The smallest absolute Gasteiger partial charge is 0.306 e. The molecule has 0 radical (unpaired) electrons. The van der Waals surface area contributed by atoms with Gasteiger partial charge in [-0.3, -0.25) is 4.79 Å². The molecule has 0 saturated heterocycles. The van der Waals surface area contributed by atoms with Crippen molar-refractivity contribution in [1.82, 2.24) is 0 Å². The molecule has 0 heterocycles. The van der Waals surface area contributed by atoms with Gasteiger partial charge in [0.05, 0.1) is 0 Å². The molecule has 0 aromatic heterocycles. The molecule has 0 N–H and O–H groups in total. The number of allylic oxidation sites excluding steroid dienone is 4. The highest BCUT2D eigenvalue weighted by atomic mass is 16.5. The van der Waals surface area contributed by atoms with Crippen molar-refractivity contribution in [3.05, 3.63) is 23.3 Å². The number of unbranched alkanes of at least 4 members (excludes halogenated alkanes) is 11. The van der Waals surface area contributed by atoms with Crippen LogP contribution in [-0.2, 0) is 9.53 Å². The molecule has 0 aliphatic heterocycles. The van der Waals surface area contributed by atoms with Crippen LogP contribution in [0, 0.1) is 45.3 Å². The van der Waals surface area contributed by atoms with E-state index in [4.69, 9.17) is 4.74 Å². The fourth-order valence-electron chi connectivity index (χ4n) is 12.4. The molecule has 0 aromatic carbocycles. The van der Waals surface area contributed by atoms with E-state index in [1.807, 2.05) is 11.1 Å². The molecule has 0 spiro atoms. The van der Waals surface area contributed by atoms with Gasteiger partial charge in [0.1, 0.15) is 6.10 Å². The largest absolute Gasteiger partial charge is 0.462 e. The minimum absolute atomic E-state index is 0.0224. The van der Waals surface area contributed by atoms with Gasteiger partial charge in [-0.05, 0) is 123 Å². The van der Waals surface area contributed by atoms with Crippen LogP contribution in [0.15, 0.2) is 23.3 Å². The summed E-state index contributed by atoms with van der Waals surface area (Å²) >= 11 is 0. The quantitative estimate of drug-likeness (QED) is 0.0680. The maximum absolute atomic E-state index is 13.1. The maximum atomic E-state index is 13.1. The van der Waals surface area contributed by atoms with E-state index in [1.165, 1.54) is 135 Å². The highest BCUT2D eigenvalue weighted by molar-refractivity contribution is 5.69. The Morgan fingerprint density at radius 3 is 2.02 bits per heavy atom. The number of carbonyl (C=O) groups excluding carboxylic acids is 1. The van der Waals surface area contributed by atoms with Crippen molar-refractivity contribution in [2.24, 2.45) is 45.3 Å². The highest BCUT2D eigenvalue weighted by Crippen LogP contribution is 2.72. The van der Waals surface area contributed by atoms with E-state index < -0.39 is 0 Å². The lowest BCUT2D eigenvalue weighted by Gasteiger charge is -2.62. The van der Waals surface area contributed by atoms with E-state index in [1.54, 1.807) is 0 Å². The van der Waals surface area contributed by atoms with Crippen molar-refractivity contribution >= 4 is 5.97 Å². The summed E-state index contributed by atoms with van der Waals surface area (Å²) in [5.74, 6) is 3.18. The first kappa shape index (κ1) is 41.7. The molecule has 0 aromatic rings. The van der Waals surface area contributed by atoms with Crippen LogP contribution < -0.4 is 0 Å². The van der Waals surface area contributed by atoms with Gasteiger partial charge in [0.15, 0.2) is 0 Å². The fourth-order valence-corrected chi connectivity index (χ4v) is 12.4. The zero-order valence-electron chi connectivity index (χ0n) is 35.0. The summed E-state index contributed by atoms with van der Waals surface area (Å²) < 4.78 is 6.38. The normalized spacial score (nSPS) is 32.6. The monoisotopic (exact) mass is 693 g/mol. The molecule has 0 unspecified atom stereocenters. The maximum Gasteiger partial charge on any atom is 0.306 e. The van der Waals surface area contributed by atoms with E-state index in [0.29, 0.717) is 23.2 Å². The van der Waals surface area contributed by atoms with Crippen LogP contribution in [0.3, 0.4) is 0 Å². The topological polar surface area (TPSA) is 26.3 Å². The summed E-state index contributed by atoms with van der Waals surface area (Å²) in [7, 11) is 0. The second-order valence-corrected chi connectivity index (χ2v) is 19.8. The Kier molecular flexibility index (Phi) is 15.7. The molecule has 4 aliphatic rings. The Morgan fingerprint density at radius 1 is 0.720 bits per heavy atom. The second kappa shape index (κ2) is 18.8. The molecular weight excluding hydrogens is 609 g/mol. The summed E-state index contributed by atoms with van der Waals surface area (Å²) in [5.41, 5.74) is 4.83. The molecule has 0 bridgehead atoms. The third-order valence-electron chi connectivity index (χ3n) is 15.8. The Morgan fingerprint density at radius 2 is 1.36 bits per heavy atom. The SMILES string of the molecule is CCCCCCCC/C=C\CCCCCCCC(=O)O[C@H]1CC[C@]2(C)C3=C(CC[C@H]2C1(C)C)[C@]1(C)CC[C@H]([C@H](C)CCCC(C)C)[C@@]1(C)CC3. The van der Waals surface area contributed by atoms with Crippen LogP contribution in [0.25, 0.3) is 0 Å². The number of hydrogen-bond acceptors (Lipinski definition) is 2. The Hall–Kier alpha value is -1.05. The summed E-state index contributed by atoms with van der Waals surface area (Å²) in [4.78, 5) is 13.1. The third-order valence-corrected chi connectivity index (χ3v) is 15.8. The van der Waals surface area contributed by atoms with Crippen LogP contribution in [-0.4, -0.2) is 12.1 Å². The lowest BCUT2D eigenvalue weighted by molar-refractivity contribution is -0.170. The van der Waals surface area contributed by atoms with Crippen molar-refractivity contribution in [2.75, 3.05) is 0 Å². The predicted molar refractivity (Wildman–Crippen MR) is 216 cm³/mol. The van der Waals surface area contributed by atoms with Gasteiger partial charge in [-0.15, -0.1) is 0 Å². The van der Waals surface area contributed by atoms with Crippen molar-refractivity contribution < 1.29 is 9.53 Å². The summed E-state index contributed by atoms with van der Waals surface area (Å²) in [6.45, 7) is 22.6. The van der Waals surface area contributed by atoms with Gasteiger partial charge in [0.25, 0.3) is 0 Å². The lowest BCUT2D eigenvalue weighted by atomic mass is 9.43. The molecule has 2 fully saturated rings. The third kappa shape index (κ3) is 9.54. The van der Waals surface area contributed by atoms with Crippen molar-refractivity contribution in [3.8, 4) is 0 Å². The number of ether oxygens (including phenoxy) is 1. The average molecular weight is 693 g/mol. The Balaban J connectivity index is 1.22. The molecule has 2 nitrogen and oxygen atoms in total. The van der Waals surface area contributed by atoms with Gasteiger partial charge in [0.2, 0.25) is 0 Å². The van der Waals surface area contributed by atoms with Crippen LogP contribution in [0.5, 0.6) is 0 Å². The van der Waals surface area contributed by atoms with Gasteiger partial charge < -0.3 is 4.74 Å². The van der Waals surface area contributed by atoms with E-state index in [2.05, 4.69) is 74.5 Å². The molecular formula is C48H84O2. The van der Waals surface area contributed by atoms with E-state index >= 15 is 0 Å². The molecule has 4 aliphatic carbocycles. The number of fused-ring (bicyclic) bond motifs is 4. The zero-order chi connectivity index (χ0) is 36.4. The van der Waals surface area contributed by atoms with Crippen LogP contribution >= 0.6 is 0 Å². The Labute approximate surface area is 312 Å². The van der Waals surface area contributed by atoms with E-state index in [9.17, 15) is 4.79 Å². The van der Waals surface area contributed by atoms with Gasteiger partial charge >= 0.3 is 5.97 Å². The summed E-state index contributed by atoms with van der Waals surface area (Å²) in [5, 5.41) is 0.